The molecule has 2 N–H and O–H groups in total. The van der Waals surface area contributed by atoms with Gasteiger partial charge in [0.2, 0.25) is 11.8 Å². The van der Waals surface area contributed by atoms with Gasteiger partial charge in [-0.2, -0.15) is 0 Å². The van der Waals surface area contributed by atoms with Gasteiger partial charge in [0.15, 0.2) is 5.16 Å². The number of hydrogen-bond donors (Lipinski definition) is 2. The van der Waals surface area contributed by atoms with E-state index in [9.17, 15) is 9.59 Å². The lowest BCUT2D eigenvalue weighted by Crippen LogP contribution is -2.40. The lowest BCUT2D eigenvalue weighted by Gasteiger charge is -2.24. The van der Waals surface area contributed by atoms with Gasteiger partial charge in [-0.05, 0) is 63.8 Å². The average Bonchev–Trinajstić information content (AvgIpc) is 3.12. The monoisotopic (exact) mass is 443 g/mol. The van der Waals surface area contributed by atoms with Crippen molar-refractivity contribution in [2.45, 2.75) is 89.2 Å². The van der Waals surface area contributed by atoms with Crippen molar-refractivity contribution in [2.75, 3.05) is 5.32 Å². The summed E-state index contributed by atoms with van der Waals surface area (Å²) in [4.78, 5) is 25.1. The molecule has 3 rings (SSSR count). The third kappa shape index (κ3) is 6.32. The van der Waals surface area contributed by atoms with E-state index >= 15 is 0 Å². The largest absolute Gasteiger partial charge is 0.352 e. The van der Waals surface area contributed by atoms with Crippen LogP contribution in [0.5, 0.6) is 0 Å². The second kappa shape index (κ2) is 10.8. The van der Waals surface area contributed by atoms with Crippen LogP contribution < -0.4 is 10.6 Å². The summed E-state index contributed by atoms with van der Waals surface area (Å²) in [5.41, 5.74) is 3.10. The molecule has 1 aromatic heterocycles. The number of carbonyl (C=O) groups is 2. The first-order valence-corrected chi connectivity index (χ1v) is 12.0. The molecule has 0 spiro atoms. The number of carbonyl (C=O) groups excluding carboxylic acids is 2. The smallest absolute Gasteiger partial charge is 0.233 e. The molecule has 2 amide bonds. The van der Waals surface area contributed by atoms with E-state index in [1.54, 1.807) is 0 Å². The van der Waals surface area contributed by atoms with Gasteiger partial charge in [-0.1, -0.05) is 37.1 Å². The Balaban J connectivity index is 1.59. The van der Waals surface area contributed by atoms with Crippen molar-refractivity contribution in [2.24, 2.45) is 0 Å². The molecule has 31 heavy (non-hydrogen) atoms. The van der Waals surface area contributed by atoms with Gasteiger partial charge in [0.1, 0.15) is 5.82 Å². The number of thioether (sulfide) groups is 1. The molecule has 1 heterocycles. The van der Waals surface area contributed by atoms with Crippen molar-refractivity contribution >= 4 is 29.3 Å². The van der Waals surface area contributed by atoms with Gasteiger partial charge in [-0.3, -0.25) is 9.59 Å². The second-order valence-corrected chi connectivity index (χ2v) is 9.58. The van der Waals surface area contributed by atoms with Crippen molar-refractivity contribution in [1.29, 1.82) is 0 Å². The number of anilines is 1. The Morgan fingerprint density at radius 3 is 2.58 bits per heavy atom. The Bertz CT molecular complexity index is 921. The van der Waals surface area contributed by atoms with Crippen molar-refractivity contribution in [3.05, 3.63) is 35.2 Å². The molecule has 1 atom stereocenters. The molecule has 2 aromatic rings. The molecule has 0 aliphatic heterocycles. The van der Waals surface area contributed by atoms with Gasteiger partial charge in [0, 0.05) is 18.3 Å². The molecule has 1 fully saturated rings. The molecule has 168 valence electrons. The van der Waals surface area contributed by atoms with Crippen molar-refractivity contribution in [1.82, 2.24) is 20.1 Å². The third-order valence-electron chi connectivity index (χ3n) is 5.82. The summed E-state index contributed by atoms with van der Waals surface area (Å²) < 4.78 is 1.91. The number of amides is 2. The normalized spacial score (nSPS) is 15.5. The zero-order valence-electron chi connectivity index (χ0n) is 18.9. The topological polar surface area (TPSA) is 88.9 Å². The minimum Gasteiger partial charge on any atom is -0.352 e. The maximum absolute atomic E-state index is 12.6. The van der Waals surface area contributed by atoms with Gasteiger partial charge in [-0.15, -0.1) is 10.2 Å². The zero-order valence-corrected chi connectivity index (χ0v) is 19.7. The van der Waals surface area contributed by atoms with Crippen molar-refractivity contribution in [3.63, 3.8) is 0 Å². The van der Waals surface area contributed by atoms with Gasteiger partial charge in [-0.25, -0.2) is 0 Å². The molecule has 1 aliphatic rings. The van der Waals surface area contributed by atoms with E-state index in [1.807, 2.05) is 50.5 Å². The number of benzene rings is 1. The molecule has 1 aliphatic carbocycles. The zero-order chi connectivity index (χ0) is 22.4. The minimum absolute atomic E-state index is 0.0385. The van der Waals surface area contributed by atoms with Gasteiger partial charge in [0.25, 0.3) is 0 Å². The molecule has 0 unspecified atom stereocenters. The maximum atomic E-state index is 12.6. The Morgan fingerprint density at radius 1 is 1.16 bits per heavy atom. The summed E-state index contributed by atoms with van der Waals surface area (Å²) in [5.74, 6) is 0.507. The predicted molar refractivity (Wildman–Crippen MR) is 124 cm³/mol. The van der Waals surface area contributed by atoms with Crippen LogP contribution in [0.4, 0.5) is 5.69 Å². The third-order valence-corrected chi connectivity index (χ3v) is 6.90. The van der Waals surface area contributed by atoms with Crippen LogP contribution >= 0.6 is 11.8 Å². The molecule has 0 saturated heterocycles. The lowest BCUT2D eigenvalue weighted by molar-refractivity contribution is -0.121. The molecule has 1 aromatic carbocycles. The van der Waals surface area contributed by atoms with E-state index in [0.29, 0.717) is 17.5 Å². The molecule has 0 bridgehead atoms. The minimum atomic E-state index is -0.270. The summed E-state index contributed by atoms with van der Waals surface area (Å²) in [5, 5.41) is 15.0. The first kappa shape index (κ1) is 23.3. The van der Waals surface area contributed by atoms with Crippen LogP contribution in [0.15, 0.2) is 23.4 Å². The van der Waals surface area contributed by atoms with E-state index < -0.39 is 0 Å². The number of hydrogen-bond acceptors (Lipinski definition) is 5. The Hall–Kier alpha value is -2.35. The van der Waals surface area contributed by atoms with Crippen molar-refractivity contribution < 1.29 is 9.59 Å². The summed E-state index contributed by atoms with van der Waals surface area (Å²) in [7, 11) is 0. The molecular formula is C23H33N5O2S. The summed E-state index contributed by atoms with van der Waals surface area (Å²) >= 11 is 1.39. The lowest BCUT2D eigenvalue weighted by atomic mass is 9.95. The van der Waals surface area contributed by atoms with Crippen LogP contribution in [0.2, 0.25) is 0 Å². The number of aryl methyl sites for hydroxylation is 2. The van der Waals surface area contributed by atoms with Gasteiger partial charge >= 0.3 is 0 Å². The fourth-order valence-corrected chi connectivity index (χ4v) is 4.74. The number of nitrogens with zero attached hydrogens (tertiary/aromatic N) is 3. The van der Waals surface area contributed by atoms with Crippen molar-refractivity contribution in [3.8, 4) is 0 Å². The van der Waals surface area contributed by atoms with Crippen LogP contribution in [0, 0.1) is 13.8 Å². The number of nitrogens with one attached hydrogen (secondary N) is 2. The Morgan fingerprint density at radius 2 is 1.90 bits per heavy atom. The summed E-state index contributed by atoms with van der Waals surface area (Å²) in [6.07, 6.45) is 5.89. The second-order valence-electron chi connectivity index (χ2n) is 8.27. The molecule has 0 radical (unpaired) electrons. The Labute approximate surface area is 188 Å². The van der Waals surface area contributed by atoms with E-state index in [1.165, 1.54) is 36.6 Å². The molecule has 1 saturated carbocycles. The van der Waals surface area contributed by atoms with Gasteiger partial charge < -0.3 is 15.2 Å². The van der Waals surface area contributed by atoms with Crippen LogP contribution in [0.3, 0.4) is 0 Å². The van der Waals surface area contributed by atoms with Crippen LogP contribution in [0.1, 0.15) is 62.9 Å². The quantitative estimate of drug-likeness (QED) is 0.602. The van der Waals surface area contributed by atoms with E-state index in [0.717, 1.165) is 24.1 Å². The maximum Gasteiger partial charge on any atom is 0.233 e. The average molecular weight is 444 g/mol. The fourth-order valence-electron chi connectivity index (χ4n) is 3.80. The summed E-state index contributed by atoms with van der Waals surface area (Å²) in [6.45, 7) is 8.58. The summed E-state index contributed by atoms with van der Waals surface area (Å²) in [6, 6.07) is 6.15. The van der Waals surface area contributed by atoms with E-state index in [4.69, 9.17) is 0 Å². The highest BCUT2D eigenvalue weighted by Crippen LogP contribution is 2.24. The number of aromatic nitrogens is 3. The molecule has 7 nitrogen and oxygen atoms in total. The van der Waals surface area contributed by atoms with Crippen LogP contribution in [-0.2, 0) is 22.6 Å². The highest BCUT2D eigenvalue weighted by atomic mass is 32.2. The fraction of sp³-hybridized carbons (Fsp3) is 0.565. The SMILES string of the molecule is CCn1c(CC(=O)Nc2ccc(C)c(C)c2)nnc1S[C@@H](C)C(=O)NC1CCCCC1. The first-order valence-electron chi connectivity index (χ1n) is 11.1. The molecule has 8 heteroatoms. The highest BCUT2D eigenvalue weighted by molar-refractivity contribution is 8.00. The van der Waals surface area contributed by atoms with E-state index in [-0.39, 0.29) is 29.5 Å². The highest BCUT2D eigenvalue weighted by Gasteiger charge is 2.23. The predicted octanol–water partition coefficient (Wildman–Crippen LogP) is 4.03. The number of rotatable bonds is 8. The first-order chi connectivity index (χ1) is 14.9. The standard InChI is InChI=1S/C23H33N5O2S/c1-5-28-20(14-21(29)24-19-12-11-15(2)16(3)13-19)26-27-23(28)31-17(4)22(30)25-18-9-7-6-8-10-18/h11-13,17-18H,5-10,14H2,1-4H3,(H,24,29)(H,25,30)/t17-/m0/s1. The van der Waals surface area contributed by atoms with E-state index in [2.05, 4.69) is 20.8 Å². The Kier molecular flexibility index (Phi) is 8.12. The van der Waals surface area contributed by atoms with Crippen LogP contribution in [-0.4, -0.2) is 37.9 Å². The van der Waals surface area contributed by atoms with Crippen LogP contribution in [0.25, 0.3) is 0 Å². The molecular weight excluding hydrogens is 410 g/mol. The van der Waals surface area contributed by atoms with Gasteiger partial charge in [0.05, 0.1) is 11.7 Å².